The van der Waals surface area contributed by atoms with E-state index in [9.17, 15) is 0 Å². The standard InChI is InChI=1S/C9H17N3/c1-3-4-5-12-7-11-6-9(12)8(2)10/h6-8H,3-5,10H2,1-2H3/t8-/m1/s1. The molecular weight excluding hydrogens is 150 g/mol. The topological polar surface area (TPSA) is 43.8 Å². The smallest absolute Gasteiger partial charge is 0.0948 e. The van der Waals surface area contributed by atoms with Gasteiger partial charge >= 0.3 is 0 Å². The van der Waals surface area contributed by atoms with Gasteiger partial charge in [-0.1, -0.05) is 13.3 Å². The molecule has 0 bridgehead atoms. The minimum Gasteiger partial charge on any atom is -0.333 e. The number of unbranched alkanes of at least 4 members (excludes halogenated alkanes) is 1. The van der Waals surface area contributed by atoms with Gasteiger partial charge in [-0.15, -0.1) is 0 Å². The fourth-order valence-corrected chi connectivity index (χ4v) is 1.23. The van der Waals surface area contributed by atoms with Crippen molar-refractivity contribution in [1.29, 1.82) is 0 Å². The summed E-state index contributed by atoms with van der Waals surface area (Å²) < 4.78 is 2.13. The number of aryl methyl sites for hydroxylation is 1. The van der Waals surface area contributed by atoms with Crippen molar-refractivity contribution >= 4 is 0 Å². The lowest BCUT2D eigenvalue weighted by Gasteiger charge is -2.09. The number of nitrogens with two attached hydrogens (primary N) is 1. The molecule has 1 aromatic heterocycles. The number of imidazole rings is 1. The summed E-state index contributed by atoms with van der Waals surface area (Å²) in [7, 11) is 0. The van der Waals surface area contributed by atoms with Crippen LogP contribution < -0.4 is 5.73 Å². The van der Waals surface area contributed by atoms with Crippen molar-refractivity contribution in [1.82, 2.24) is 9.55 Å². The second kappa shape index (κ2) is 4.26. The maximum absolute atomic E-state index is 5.77. The van der Waals surface area contributed by atoms with Crippen molar-refractivity contribution in [2.45, 2.75) is 39.3 Å². The first-order chi connectivity index (χ1) is 5.75. The van der Waals surface area contributed by atoms with Gasteiger partial charge in [0.1, 0.15) is 0 Å². The van der Waals surface area contributed by atoms with E-state index in [0.29, 0.717) is 0 Å². The number of rotatable bonds is 4. The largest absolute Gasteiger partial charge is 0.333 e. The third kappa shape index (κ3) is 2.08. The van der Waals surface area contributed by atoms with Crippen LogP contribution in [0.15, 0.2) is 12.5 Å². The molecule has 0 radical (unpaired) electrons. The predicted molar refractivity (Wildman–Crippen MR) is 49.7 cm³/mol. The Hall–Kier alpha value is -0.830. The van der Waals surface area contributed by atoms with Gasteiger partial charge in [-0.2, -0.15) is 0 Å². The molecule has 0 amide bonds. The average molecular weight is 167 g/mol. The van der Waals surface area contributed by atoms with Crippen molar-refractivity contribution in [3.05, 3.63) is 18.2 Å². The lowest BCUT2D eigenvalue weighted by molar-refractivity contribution is 0.586. The summed E-state index contributed by atoms with van der Waals surface area (Å²) in [6, 6.07) is 0.0874. The highest BCUT2D eigenvalue weighted by Crippen LogP contribution is 2.09. The second-order valence-electron chi connectivity index (χ2n) is 3.15. The molecule has 1 atom stereocenters. The fraction of sp³-hybridized carbons (Fsp3) is 0.667. The first kappa shape index (κ1) is 9.26. The molecule has 0 aliphatic rings. The molecule has 0 spiro atoms. The van der Waals surface area contributed by atoms with Crippen LogP contribution in [-0.4, -0.2) is 9.55 Å². The molecule has 0 aromatic carbocycles. The molecule has 0 aliphatic carbocycles. The Kier molecular flexibility index (Phi) is 3.29. The molecule has 3 nitrogen and oxygen atoms in total. The highest BCUT2D eigenvalue weighted by atomic mass is 15.1. The van der Waals surface area contributed by atoms with Crippen LogP contribution in [0.3, 0.4) is 0 Å². The molecule has 1 aromatic rings. The number of aromatic nitrogens is 2. The Balaban J connectivity index is 2.64. The first-order valence-electron chi connectivity index (χ1n) is 4.51. The maximum Gasteiger partial charge on any atom is 0.0948 e. The molecule has 0 saturated carbocycles. The summed E-state index contributed by atoms with van der Waals surface area (Å²) in [5.41, 5.74) is 6.90. The lowest BCUT2D eigenvalue weighted by atomic mass is 10.2. The van der Waals surface area contributed by atoms with Crippen LogP contribution in [0.4, 0.5) is 0 Å². The summed E-state index contributed by atoms with van der Waals surface area (Å²) in [6.07, 6.45) is 6.10. The van der Waals surface area contributed by atoms with Crippen LogP contribution in [0.5, 0.6) is 0 Å². The molecule has 68 valence electrons. The number of hydrogen-bond acceptors (Lipinski definition) is 2. The van der Waals surface area contributed by atoms with Gasteiger partial charge in [-0.25, -0.2) is 4.98 Å². The van der Waals surface area contributed by atoms with Crippen LogP contribution in [0.1, 0.15) is 38.4 Å². The molecule has 0 aliphatic heterocycles. The Bertz CT molecular complexity index is 227. The fourth-order valence-electron chi connectivity index (χ4n) is 1.23. The molecule has 3 heteroatoms. The quantitative estimate of drug-likeness (QED) is 0.741. The van der Waals surface area contributed by atoms with E-state index in [1.54, 1.807) is 0 Å². The van der Waals surface area contributed by atoms with Crippen LogP contribution in [-0.2, 0) is 6.54 Å². The zero-order valence-electron chi connectivity index (χ0n) is 7.83. The SMILES string of the molecule is CCCCn1cncc1[C@@H](C)N. The Morgan fingerprint density at radius 1 is 1.67 bits per heavy atom. The van der Waals surface area contributed by atoms with Gasteiger partial charge < -0.3 is 10.3 Å². The minimum absolute atomic E-state index is 0.0874. The summed E-state index contributed by atoms with van der Waals surface area (Å²) in [5.74, 6) is 0. The van der Waals surface area contributed by atoms with Crippen molar-refractivity contribution < 1.29 is 0 Å². The number of hydrogen-bond donors (Lipinski definition) is 1. The van der Waals surface area contributed by atoms with Crippen molar-refractivity contribution in [2.24, 2.45) is 5.73 Å². The third-order valence-electron chi connectivity index (χ3n) is 1.96. The van der Waals surface area contributed by atoms with Crippen LogP contribution in [0.2, 0.25) is 0 Å². The van der Waals surface area contributed by atoms with Crippen molar-refractivity contribution in [3.8, 4) is 0 Å². The van der Waals surface area contributed by atoms with E-state index < -0.39 is 0 Å². The van der Waals surface area contributed by atoms with Crippen LogP contribution in [0, 0.1) is 0 Å². The van der Waals surface area contributed by atoms with Crippen LogP contribution in [0.25, 0.3) is 0 Å². The number of nitrogens with zero attached hydrogens (tertiary/aromatic N) is 2. The monoisotopic (exact) mass is 167 g/mol. The second-order valence-corrected chi connectivity index (χ2v) is 3.15. The zero-order valence-corrected chi connectivity index (χ0v) is 7.83. The van der Waals surface area contributed by atoms with Gasteiger partial charge in [0.15, 0.2) is 0 Å². The molecule has 2 N–H and O–H groups in total. The third-order valence-corrected chi connectivity index (χ3v) is 1.96. The Labute approximate surface area is 73.6 Å². The van der Waals surface area contributed by atoms with Crippen molar-refractivity contribution in [3.63, 3.8) is 0 Å². The highest BCUT2D eigenvalue weighted by Gasteiger charge is 2.04. The van der Waals surface area contributed by atoms with E-state index in [0.717, 1.165) is 12.2 Å². The molecule has 0 saturated heterocycles. The summed E-state index contributed by atoms with van der Waals surface area (Å²) >= 11 is 0. The van der Waals surface area contributed by atoms with Gasteiger partial charge in [0.2, 0.25) is 0 Å². The Morgan fingerprint density at radius 2 is 2.42 bits per heavy atom. The molecular formula is C9H17N3. The van der Waals surface area contributed by atoms with Gasteiger partial charge in [-0.05, 0) is 13.3 Å². The van der Waals surface area contributed by atoms with E-state index >= 15 is 0 Å². The van der Waals surface area contributed by atoms with E-state index in [2.05, 4.69) is 16.5 Å². The molecule has 1 heterocycles. The van der Waals surface area contributed by atoms with Crippen molar-refractivity contribution in [2.75, 3.05) is 0 Å². The summed E-state index contributed by atoms with van der Waals surface area (Å²) in [6.45, 7) is 5.20. The Morgan fingerprint density at radius 3 is 3.00 bits per heavy atom. The minimum atomic E-state index is 0.0874. The molecule has 0 unspecified atom stereocenters. The maximum atomic E-state index is 5.77. The van der Waals surface area contributed by atoms with E-state index in [-0.39, 0.29) is 6.04 Å². The molecule has 0 fully saturated rings. The summed E-state index contributed by atoms with van der Waals surface area (Å²) in [5, 5.41) is 0. The van der Waals surface area contributed by atoms with E-state index in [1.165, 1.54) is 12.8 Å². The lowest BCUT2D eigenvalue weighted by Crippen LogP contribution is -2.11. The van der Waals surface area contributed by atoms with Crippen LogP contribution >= 0.6 is 0 Å². The normalized spacial score (nSPS) is 13.2. The first-order valence-corrected chi connectivity index (χ1v) is 4.51. The molecule has 12 heavy (non-hydrogen) atoms. The summed E-state index contributed by atoms with van der Waals surface area (Å²) in [4.78, 5) is 4.08. The average Bonchev–Trinajstić information content (AvgIpc) is 2.48. The zero-order chi connectivity index (χ0) is 8.97. The predicted octanol–water partition coefficient (Wildman–Crippen LogP) is 1.70. The van der Waals surface area contributed by atoms with Gasteiger partial charge in [0, 0.05) is 18.8 Å². The van der Waals surface area contributed by atoms with E-state index in [1.807, 2.05) is 19.4 Å². The van der Waals surface area contributed by atoms with E-state index in [4.69, 9.17) is 5.73 Å². The highest BCUT2D eigenvalue weighted by molar-refractivity contribution is 5.02. The van der Waals surface area contributed by atoms with Gasteiger partial charge in [0.05, 0.1) is 12.0 Å². The van der Waals surface area contributed by atoms with Gasteiger partial charge in [0.25, 0.3) is 0 Å². The van der Waals surface area contributed by atoms with Gasteiger partial charge in [-0.3, -0.25) is 0 Å². The molecule has 1 rings (SSSR count).